The normalized spacial score (nSPS) is 15.7. The zero-order valence-corrected chi connectivity index (χ0v) is 21.6. The number of anilines is 1. The Balaban J connectivity index is 1.39. The third kappa shape index (κ3) is 4.93. The Hall–Kier alpha value is -3.79. The highest BCUT2D eigenvalue weighted by molar-refractivity contribution is 7.80. The van der Waals surface area contributed by atoms with Crippen LogP contribution in [-0.4, -0.2) is 30.8 Å². The predicted molar refractivity (Wildman–Crippen MR) is 143 cm³/mol. The molecule has 1 fully saturated rings. The summed E-state index contributed by atoms with van der Waals surface area (Å²) in [5.74, 6) is 0.987. The summed E-state index contributed by atoms with van der Waals surface area (Å²) in [6.45, 7) is 0.460. The molecule has 2 aliphatic rings. The van der Waals surface area contributed by atoms with Crippen molar-refractivity contribution in [1.29, 1.82) is 0 Å². The van der Waals surface area contributed by atoms with Gasteiger partial charge in [0.2, 0.25) is 6.79 Å². The highest BCUT2D eigenvalue weighted by atomic mass is 35.5. The summed E-state index contributed by atoms with van der Waals surface area (Å²) in [7, 11) is 1.50. The van der Waals surface area contributed by atoms with Crippen molar-refractivity contribution in [2.45, 2.75) is 6.61 Å². The molecule has 0 aliphatic carbocycles. The first-order valence-electron chi connectivity index (χ1n) is 10.9. The second kappa shape index (κ2) is 10.3. The Labute approximate surface area is 227 Å². The van der Waals surface area contributed by atoms with Crippen molar-refractivity contribution in [2.75, 3.05) is 18.8 Å². The van der Waals surface area contributed by atoms with E-state index in [-0.39, 0.29) is 39.8 Å². The van der Waals surface area contributed by atoms with Gasteiger partial charge in [-0.25, -0.2) is 0 Å². The molecule has 0 aromatic heterocycles. The van der Waals surface area contributed by atoms with Crippen LogP contribution in [0.5, 0.6) is 23.0 Å². The Kier molecular flexibility index (Phi) is 6.92. The van der Waals surface area contributed by atoms with Crippen molar-refractivity contribution in [3.05, 3.63) is 81.3 Å². The van der Waals surface area contributed by atoms with Gasteiger partial charge in [0.25, 0.3) is 11.8 Å². The van der Waals surface area contributed by atoms with Crippen molar-refractivity contribution in [3.63, 3.8) is 0 Å². The minimum Gasteiger partial charge on any atom is -0.493 e. The highest BCUT2D eigenvalue weighted by Crippen LogP contribution is 2.36. The van der Waals surface area contributed by atoms with Gasteiger partial charge in [-0.15, -0.1) is 0 Å². The molecule has 2 heterocycles. The molecule has 11 heteroatoms. The van der Waals surface area contributed by atoms with Crippen LogP contribution in [-0.2, 0) is 16.2 Å². The van der Waals surface area contributed by atoms with E-state index in [4.69, 9.17) is 54.4 Å². The molecule has 0 spiro atoms. The second-order valence-corrected chi connectivity index (χ2v) is 9.09. The monoisotopic (exact) mass is 556 g/mol. The van der Waals surface area contributed by atoms with E-state index in [9.17, 15) is 9.59 Å². The van der Waals surface area contributed by atoms with Gasteiger partial charge in [0.1, 0.15) is 12.2 Å². The maximum atomic E-state index is 13.3. The molecule has 5 rings (SSSR count). The number of benzene rings is 3. The van der Waals surface area contributed by atoms with Crippen LogP contribution in [0.3, 0.4) is 0 Å². The summed E-state index contributed by atoms with van der Waals surface area (Å²) in [5, 5.41) is 2.82. The fourth-order valence-electron chi connectivity index (χ4n) is 3.79. The molecule has 188 valence electrons. The number of nitrogens with zero attached hydrogens (tertiary/aromatic N) is 1. The second-order valence-electron chi connectivity index (χ2n) is 7.92. The Bertz CT molecular complexity index is 1480. The summed E-state index contributed by atoms with van der Waals surface area (Å²) in [4.78, 5) is 27.1. The van der Waals surface area contributed by atoms with Gasteiger partial charge in [-0.2, -0.15) is 0 Å². The largest absolute Gasteiger partial charge is 0.493 e. The molecule has 3 aromatic rings. The van der Waals surface area contributed by atoms with E-state index in [1.165, 1.54) is 13.2 Å². The molecule has 2 aliphatic heterocycles. The lowest BCUT2D eigenvalue weighted by Crippen LogP contribution is -2.54. The number of amides is 2. The van der Waals surface area contributed by atoms with E-state index >= 15 is 0 Å². The van der Waals surface area contributed by atoms with Gasteiger partial charge in [0, 0.05) is 0 Å². The van der Waals surface area contributed by atoms with Crippen molar-refractivity contribution >= 4 is 64.1 Å². The Morgan fingerprint density at radius 3 is 2.68 bits per heavy atom. The minimum atomic E-state index is -0.639. The zero-order valence-electron chi connectivity index (χ0n) is 19.2. The van der Waals surface area contributed by atoms with E-state index in [1.54, 1.807) is 36.4 Å². The highest BCUT2D eigenvalue weighted by Gasteiger charge is 2.35. The van der Waals surface area contributed by atoms with Gasteiger partial charge in [-0.3, -0.25) is 19.8 Å². The molecule has 1 saturated heterocycles. The number of carbonyl (C=O) groups is 2. The Morgan fingerprint density at radius 2 is 1.86 bits per heavy atom. The van der Waals surface area contributed by atoms with Crippen LogP contribution in [0, 0.1) is 0 Å². The van der Waals surface area contributed by atoms with Crippen LogP contribution in [0.25, 0.3) is 6.08 Å². The molecule has 1 N–H and O–H groups in total. The smallest absolute Gasteiger partial charge is 0.270 e. The van der Waals surface area contributed by atoms with Crippen molar-refractivity contribution in [1.82, 2.24) is 5.32 Å². The fraction of sp³-hybridized carbons (Fsp3) is 0.115. The van der Waals surface area contributed by atoms with Crippen LogP contribution >= 0.6 is 35.4 Å². The van der Waals surface area contributed by atoms with Gasteiger partial charge in [0.05, 0.1) is 22.8 Å². The van der Waals surface area contributed by atoms with E-state index in [0.29, 0.717) is 28.6 Å². The molecule has 2 amide bonds. The molecule has 0 bridgehead atoms. The fourth-order valence-corrected chi connectivity index (χ4v) is 4.45. The summed E-state index contributed by atoms with van der Waals surface area (Å²) < 4.78 is 22.1. The predicted octanol–water partition coefficient (Wildman–Crippen LogP) is 5.14. The summed E-state index contributed by atoms with van der Waals surface area (Å²) >= 11 is 17.6. The van der Waals surface area contributed by atoms with E-state index < -0.39 is 11.8 Å². The first-order valence-corrected chi connectivity index (χ1v) is 12.1. The van der Waals surface area contributed by atoms with Gasteiger partial charge in [-0.05, 0) is 65.8 Å². The molecule has 8 nitrogen and oxygen atoms in total. The zero-order chi connectivity index (χ0) is 26.1. The number of halogens is 2. The van der Waals surface area contributed by atoms with Crippen molar-refractivity contribution < 1.29 is 28.5 Å². The average Bonchev–Trinajstić information content (AvgIpc) is 3.36. The molecule has 0 radical (unpaired) electrons. The third-order valence-corrected chi connectivity index (χ3v) is 6.70. The number of methoxy groups -OCH3 is 1. The van der Waals surface area contributed by atoms with Gasteiger partial charge >= 0.3 is 0 Å². The molecule has 3 aromatic carbocycles. The maximum Gasteiger partial charge on any atom is 0.270 e. The van der Waals surface area contributed by atoms with Crippen LogP contribution in [0.1, 0.15) is 11.1 Å². The number of carbonyl (C=O) groups excluding carboxylic acids is 2. The minimum absolute atomic E-state index is 0.0961. The van der Waals surface area contributed by atoms with Crippen LogP contribution < -0.4 is 29.2 Å². The molecule has 37 heavy (non-hydrogen) atoms. The van der Waals surface area contributed by atoms with E-state index in [0.717, 1.165) is 10.5 Å². The molecule has 0 unspecified atom stereocenters. The number of rotatable bonds is 6. The molecular weight excluding hydrogens is 539 g/mol. The van der Waals surface area contributed by atoms with Crippen LogP contribution in [0.4, 0.5) is 5.69 Å². The first kappa shape index (κ1) is 24.9. The Morgan fingerprint density at radius 1 is 1.05 bits per heavy atom. The van der Waals surface area contributed by atoms with E-state index in [1.807, 2.05) is 18.2 Å². The standard InChI is InChI=1S/C26H18Cl2N2O6S/c1-33-21-10-14(5-7-19(21)34-12-15-6-8-20-22(11-15)36-13-35-20)9-16-24(31)29-26(37)30(25(16)32)18-4-2-3-17(27)23(18)28/h2-11H,12-13H2,1H3,(H,29,31,37)/b16-9+. The van der Waals surface area contributed by atoms with Gasteiger partial charge < -0.3 is 18.9 Å². The summed E-state index contributed by atoms with van der Waals surface area (Å²) in [6.07, 6.45) is 1.44. The molecule has 0 saturated carbocycles. The number of thiocarbonyl (C=S) groups is 1. The van der Waals surface area contributed by atoms with Crippen LogP contribution in [0.15, 0.2) is 60.2 Å². The third-order valence-electron chi connectivity index (χ3n) is 5.60. The number of ether oxygens (including phenoxy) is 4. The number of hydrogen-bond donors (Lipinski definition) is 1. The lowest BCUT2D eigenvalue weighted by Gasteiger charge is -2.29. The maximum absolute atomic E-state index is 13.3. The number of nitrogens with one attached hydrogen (secondary N) is 1. The van der Waals surface area contributed by atoms with Gasteiger partial charge in [-0.1, -0.05) is 41.4 Å². The molecular formula is C26H18Cl2N2O6S. The quantitative estimate of drug-likeness (QED) is 0.255. The lowest BCUT2D eigenvalue weighted by atomic mass is 10.1. The van der Waals surface area contributed by atoms with Gasteiger partial charge in [0.15, 0.2) is 28.1 Å². The lowest BCUT2D eigenvalue weighted by molar-refractivity contribution is -0.122. The van der Waals surface area contributed by atoms with Crippen molar-refractivity contribution in [2.24, 2.45) is 0 Å². The van der Waals surface area contributed by atoms with E-state index in [2.05, 4.69) is 5.32 Å². The van der Waals surface area contributed by atoms with Crippen LogP contribution in [0.2, 0.25) is 10.0 Å². The first-order chi connectivity index (χ1) is 17.9. The summed E-state index contributed by atoms with van der Waals surface area (Å²) in [5.41, 5.74) is 1.55. The number of fused-ring (bicyclic) bond motifs is 1. The topological polar surface area (TPSA) is 86.3 Å². The SMILES string of the molecule is COc1cc(/C=C2\C(=O)NC(=S)N(c3cccc(Cl)c3Cl)C2=O)ccc1OCc1ccc2c(c1)OCO2. The number of hydrogen-bond acceptors (Lipinski definition) is 7. The van der Waals surface area contributed by atoms with Crippen molar-refractivity contribution in [3.8, 4) is 23.0 Å². The average molecular weight is 557 g/mol. The molecule has 0 atom stereocenters. The summed E-state index contributed by atoms with van der Waals surface area (Å²) in [6, 6.07) is 15.4.